The highest BCUT2D eigenvalue weighted by atomic mass is 16.3. The zero-order chi connectivity index (χ0) is 10.2. The molecule has 0 saturated carbocycles. The number of aromatic nitrogens is 1. The molecule has 0 amide bonds. The van der Waals surface area contributed by atoms with Crippen LogP contribution in [0.2, 0.25) is 0 Å². The van der Waals surface area contributed by atoms with Crippen LogP contribution in [0.3, 0.4) is 0 Å². The fraction of sp³-hybridized carbons (Fsp3) is 0.583. The number of pyridine rings is 1. The monoisotopic (exact) mass is 191 g/mol. The molecule has 76 valence electrons. The average molecular weight is 191 g/mol. The lowest BCUT2D eigenvalue weighted by Crippen LogP contribution is -2.21. The van der Waals surface area contributed by atoms with E-state index in [0.717, 1.165) is 18.4 Å². The van der Waals surface area contributed by atoms with E-state index >= 15 is 0 Å². The Morgan fingerprint density at radius 2 is 2.00 bits per heavy atom. The summed E-state index contributed by atoms with van der Waals surface area (Å²) in [4.78, 5) is 4.38. The molecule has 0 radical (unpaired) electrons. The molecular weight excluding hydrogens is 174 g/mol. The molecule has 0 aromatic carbocycles. The maximum atomic E-state index is 10.0. The molecule has 1 aliphatic rings. The molecule has 14 heavy (non-hydrogen) atoms. The van der Waals surface area contributed by atoms with Crippen LogP contribution in [0.15, 0.2) is 12.3 Å². The molecule has 2 rings (SSSR count). The molecule has 0 saturated heterocycles. The van der Waals surface area contributed by atoms with E-state index in [-0.39, 0.29) is 0 Å². The lowest BCUT2D eigenvalue weighted by molar-refractivity contribution is 0.0772. The minimum Gasteiger partial charge on any atom is -0.386 e. The van der Waals surface area contributed by atoms with Crippen molar-refractivity contribution in [3.63, 3.8) is 0 Å². The van der Waals surface area contributed by atoms with E-state index in [4.69, 9.17) is 0 Å². The molecule has 1 heterocycles. The number of hydrogen-bond donors (Lipinski definition) is 1. The summed E-state index contributed by atoms with van der Waals surface area (Å²) in [5.74, 6) is 0. The van der Waals surface area contributed by atoms with Gasteiger partial charge in [-0.25, -0.2) is 0 Å². The second kappa shape index (κ2) is 3.35. The van der Waals surface area contributed by atoms with Crippen molar-refractivity contribution in [2.75, 3.05) is 0 Å². The van der Waals surface area contributed by atoms with Gasteiger partial charge in [-0.3, -0.25) is 4.98 Å². The summed E-state index contributed by atoms with van der Waals surface area (Å²) in [6.07, 6.45) is 6.41. The first-order valence-electron chi connectivity index (χ1n) is 5.28. The normalized spacial score (nSPS) is 16.5. The summed E-state index contributed by atoms with van der Waals surface area (Å²) in [7, 11) is 0. The molecule has 0 atom stereocenters. The van der Waals surface area contributed by atoms with Crippen molar-refractivity contribution in [3.05, 3.63) is 29.1 Å². The molecule has 0 aliphatic heterocycles. The molecule has 2 heteroatoms. The van der Waals surface area contributed by atoms with Crippen molar-refractivity contribution in [1.29, 1.82) is 0 Å². The van der Waals surface area contributed by atoms with E-state index in [1.165, 1.54) is 24.1 Å². The van der Waals surface area contributed by atoms with Gasteiger partial charge in [0.25, 0.3) is 0 Å². The van der Waals surface area contributed by atoms with Crippen molar-refractivity contribution in [2.45, 2.75) is 45.1 Å². The number of aliphatic hydroxyl groups is 1. The van der Waals surface area contributed by atoms with Crippen LogP contribution < -0.4 is 0 Å². The minimum absolute atomic E-state index is 0.732. The van der Waals surface area contributed by atoms with Crippen LogP contribution in [-0.2, 0) is 18.4 Å². The fourth-order valence-electron chi connectivity index (χ4n) is 2.20. The third-order valence-electron chi connectivity index (χ3n) is 2.89. The lowest BCUT2D eigenvalue weighted by atomic mass is 9.86. The highest BCUT2D eigenvalue weighted by Crippen LogP contribution is 2.29. The Labute approximate surface area is 85.0 Å². The van der Waals surface area contributed by atoms with Crippen LogP contribution in [0.4, 0.5) is 0 Å². The van der Waals surface area contributed by atoms with Crippen LogP contribution in [0.5, 0.6) is 0 Å². The summed E-state index contributed by atoms with van der Waals surface area (Å²) >= 11 is 0. The Balaban J connectivity index is 2.51. The molecule has 1 aromatic rings. The topological polar surface area (TPSA) is 33.1 Å². The van der Waals surface area contributed by atoms with Gasteiger partial charge in [0.05, 0.1) is 5.60 Å². The third-order valence-corrected chi connectivity index (χ3v) is 2.89. The van der Waals surface area contributed by atoms with E-state index in [1.807, 2.05) is 26.1 Å². The van der Waals surface area contributed by atoms with Gasteiger partial charge in [0.2, 0.25) is 0 Å². The Morgan fingerprint density at radius 1 is 1.29 bits per heavy atom. The molecular formula is C12H17NO. The van der Waals surface area contributed by atoms with Crippen molar-refractivity contribution in [2.24, 2.45) is 0 Å². The quantitative estimate of drug-likeness (QED) is 0.738. The SMILES string of the molecule is CC(C)(O)c1ccnc2c1CCCC2. The first-order valence-corrected chi connectivity index (χ1v) is 5.28. The van der Waals surface area contributed by atoms with E-state index in [2.05, 4.69) is 4.98 Å². The molecule has 1 aliphatic carbocycles. The highest BCUT2D eigenvalue weighted by Gasteiger charge is 2.23. The van der Waals surface area contributed by atoms with Crippen LogP contribution in [0.25, 0.3) is 0 Å². The number of nitrogens with zero attached hydrogens (tertiary/aromatic N) is 1. The van der Waals surface area contributed by atoms with Gasteiger partial charge in [-0.1, -0.05) is 0 Å². The van der Waals surface area contributed by atoms with Gasteiger partial charge in [0, 0.05) is 11.9 Å². The minimum atomic E-state index is -0.732. The van der Waals surface area contributed by atoms with Crippen LogP contribution in [-0.4, -0.2) is 10.1 Å². The Hall–Kier alpha value is -0.890. The first-order chi connectivity index (χ1) is 6.59. The summed E-state index contributed by atoms with van der Waals surface area (Å²) in [6, 6.07) is 1.95. The number of fused-ring (bicyclic) bond motifs is 1. The van der Waals surface area contributed by atoms with Crippen molar-refractivity contribution < 1.29 is 5.11 Å². The second-order valence-electron chi connectivity index (χ2n) is 4.55. The zero-order valence-corrected chi connectivity index (χ0v) is 8.88. The number of aryl methyl sites for hydroxylation is 1. The largest absolute Gasteiger partial charge is 0.386 e. The second-order valence-corrected chi connectivity index (χ2v) is 4.55. The Kier molecular flexibility index (Phi) is 2.31. The van der Waals surface area contributed by atoms with Gasteiger partial charge in [0.15, 0.2) is 0 Å². The smallest absolute Gasteiger partial charge is 0.0844 e. The summed E-state index contributed by atoms with van der Waals surface area (Å²) in [5.41, 5.74) is 2.80. The number of rotatable bonds is 1. The predicted octanol–water partition coefficient (Wildman–Crippen LogP) is 2.19. The van der Waals surface area contributed by atoms with Crippen molar-refractivity contribution in [3.8, 4) is 0 Å². The van der Waals surface area contributed by atoms with Crippen LogP contribution in [0.1, 0.15) is 43.5 Å². The van der Waals surface area contributed by atoms with Gasteiger partial charge in [0.1, 0.15) is 0 Å². The standard InChI is InChI=1S/C12H17NO/c1-12(2,14)10-7-8-13-11-6-4-3-5-9(10)11/h7-8,14H,3-6H2,1-2H3. The average Bonchev–Trinajstić information content (AvgIpc) is 2.15. The summed E-state index contributed by atoms with van der Waals surface area (Å²) < 4.78 is 0. The summed E-state index contributed by atoms with van der Waals surface area (Å²) in [6.45, 7) is 3.69. The molecule has 1 aromatic heterocycles. The predicted molar refractivity (Wildman–Crippen MR) is 56.1 cm³/mol. The van der Waals surface area contributed by atoms with Gasteiger partial charge < -0.3 is 5.11 Å². The van der Waals surface area contributed by atoms with Gasteiger partial charge >= 0.3 is 0 Å². The molecule has 1 N–H and O–H groups in total. The summed E-state index contributed by atoms with van der Waals surface area (Å²) in [5, 5.41) is 10.0. The lowest BCUT2D eigenvalue weighted by Gasteiger charge is -2.25. The third kappa shape index (κ3) is 1.67. The zero-order valence-electron chi connectivity index (χ0n) is 8.88. The molecule has 0 bridgehead atoms. The fourth-order valence-corrected chi connectivity index (χ4v) is 2.20. The van der Waals surface area contributed by atoms with Crippen LogP contribution in [0, 0.1) is 0 Å². The maximum Gasteiger partial charge on any atom is 0.0844 e. The van der Waals surface area contributed by atoms with E-state index in [9.17, 15) is 5.11 Å². The molecule has 2 nitrogen and oxygen atoms in total. The molecule has 0 unspecified atom stereocenters. The van der Waals surface area contributed by atoms with Gasteiger partial charge in [-0.2, -0.15) is 0 Å². The van der Waals surface area contributed by atoms with Gasteiger partial charge in [-0.05, 0) is 56.7 Å². The number of hydrogen-bond acceptors (Lipinski definition) is 2. The van der Waals surface area contributed by atoms with Gasteiger partial charge in [-0.15, -0.1) is 0 Å². The highest BCUT2D eigenvalue weighted by molar-refractivity contribution is 5.35. The Bertz CT molecular complexity index is 339. The maximum absolute atomic E-state index is 10.0. The molecule has 0 fully saturated rings. The molecule has 0 spiro atoms. The Morgan fingerprint density at radius 3 is 2.71 bits per heavy atom. The van der Waals surface area contributed by atoms with Crippen LogP contribution >= 0.6 is 0 Å². The van der Waals surface area contributed by atoms with Crippen molar-refractivity contribution >= 4 is 0 Å². The van der Waals surface area contributed by atoms with E-state index < -0.39 is 5.60 Å². The van der Waals surface area contributed by atoms with E-state index in [1.54, 1.807) is 0 Å². The van der Waals surface area contributed by atoms with Crippen molar-refractivity contribution in [1.82, 2.24) is 4.98 Å². The van der Waals surface area contributed by atoms with E-state index in [0.29, 0.717) is 0 Å². The first kappa shape index (κ1) is 9.66.